The van der Waals surface area contributed by atoms with Crippen molar-refractivity contribution >= 4 is 0 Å². The quantitative estimate of drug-likeness (QED) is 0.503. The zero-order chi connectivity index (χ0) is 5.98. The van der Waals surface area contributed by atoms with Gasteiger partial charge in [-0.3, -0.25) is 0 Å². The van der Waals surface area contributed by atoms with Crippen LogP contribution in [0.15, 0.2) is 0 Å². The van der Waals surface area contributed by atoms with Crippen LogP contribution in [0.4, 0.5) is 4.39 Å². The van der Waals surface area contributed by atoms with Gasteiger partial charge in [-0.1, -0.05) is 0 Å². The van der Waals surface area contributed by atoms with Gasteiger partial charge in [0.25, 0.3) is 0 Å². The monoisotopic (exact) mass is 120 g/mol. The van der Waals surface area contributed by atoms with Crippen LogP contribution in [0.3, 0.4) is 0 Å². The predicted octanol–water partition coefficient (Wildman–Crippen LogP) is 0.453. The average Bonchev–Trinajstić information content (AvgIpc) is 1.77. The Morgan fingerprint density at radius 3 is 2.62 bits per heavy atom. The lowest BCUT2D eigenvalue weighted by Gasteiger charge is -2.19. The summed E-state index contributed by atoms with van der Waals surface area (Å²) in [4.78, 5) is 0. The number of hydrogen-bond acceptors (Lipinski definition) is 2. The van der Waals surface area contributed by atoms with Gasteiger partial charge in [-0.15, -0.1) is 0 Å². The SMILES string of the molecule is OC1CCC(F)CO1. The highest BCUT2D eigenvalue weighted by atomic mass is 19.1. The van der Waals surface area contributed by atoms with Crippen molar-refractivity contribution in [3.05, 3.63) is 0 Å². The molecule has 2 unspecified atom stereocenters. The number of aliphatic hydroxyl groups excluding tert-OH is 1. The summed E-state index contributed by atoms with van der Waals surface area (Å²) in [7, 11) is 0. The molecule has 3 heteroatoms. The third kappa shape index (κ3) is 1.42. The van der Waals surface area contributed by atoms with Crippen molar-refractivity contribution in [1.29, 1.82) is 0 Å². The lowest BCUT2D eigenvalue weighted by molar-refractivity contribution is -0.143. The van der Waals surface area contributed by atoms with Crippen LogP contribution in [0.1, 0.15) is 12.8 Å². The van der Waals surface area contributed by atoms with Gasteiger partial charge in [-0.05, 0) is 6.42 Å². The maximum atomic E-state index is 12.1. The summed E-state index contributed by atoms with van der Waals surface area (Å²) < 4.78 is 16.7. The molecular formula is C5H9FO2. The molecule has 0 bridgehead atoms. The molecule has 0 aliphatic carbocycles. The first-order chi connectivity index (χ1) is 3.79. The van der Waals surface area contributed by atoms with Gasteiger partial charge in [0.15, 0.2) is 6.29 Å². The first-order valence-corrected chi connectivity index (χ1v) is 2.73. The fourth-order valence-corrected chi connectivity index (χ4v) is 0.706. The van der Waals surface area contributed by atoms with E-state index in [0.717, 1.165) is 0 Å². The zero-order valence-electron chi connectivity index (χ0n) is 4.51. The highest BCUT2D eigenvalue weighted by Crippen LogP contribution is 2.13. The Morgan fingerprint density at radius 1 is 1.50 bits per heavy atom. The molecule has 1 aliphatic heterocycles. The molecule has 1 rings (SSSR count). The van der Waals surface area contributed by atoms with Gasteiger partial charge < -0.3 is 9.84 Å². The molecule has 8 heavy (non-hydrogen) atoms. The van der Waals surface area contributed by atoms with Gasteiger partial charge in [0.2, 0.25) is 0 Å². The van der Waals surface area contributed by atoms with Crippen LogP contribution in [-0.4, -0.2) is 24.2 Å². The van der Waals surface area contributed by atoms with Crippen LogP contribution < -0.4 is 0 Å². The van der Waals surface area contributed by atoms with E-state index >= 15 is 0 Å². The Morgan fingerprint density at radius 2 is 2.25 bits per heavy atom. The standard InChI is InChI=1S/C5H9FO2/c6-4-1-2-5(7)8-3-4/h4-5,7H,1-3H2. The smallest absolute Gasteiger partial charge is 0.154 e. The summed E-state index contributed by atoms with van der Waals surface area (Å²) in [6.07, 6.45) is -0.720. The second-order valence-corrected chi connectivity index (χ2v) is 1.96. The molecule has 1 heterocycles. The molecule has 0 radical (unpaired) electrons. The van der Waals surface area contributed by atoms with Crippen LogP contribution in [0.25, 0.3) is 0 Å². The second kappa shape index (κ2) is 2.42. The second-order valence-electron chi connectivity index (χ2n) is 1.96. The Hall–Kier alpha value is -0.150. The van der Waals surface area contributed by atoms with Crippen molar-refractivity contribution in [2.75, 3.05) is 6.61 Å². The van der Waals surface area contributed by atoms with Crippen LogP contribution in [0.5, 0.6) is 0 Å². The van der Waals surface area contributed by atoms with Crippen LogP contribution >= 0.6 is 0 Å². The normalized spacial score (nSPS) is 39.8. The molecule has 1 aliphatic rings. The van der Waals surface area contributed by atoms with E-state index in [2.05, 4.69) is 4.74 Å². The summed E-state index contributed by atoms with van der Waals surface area (Å²) in [5.41, 5.74) is 0. The first kappa shape index (κ1) is 5.98. The van der Waals surface area contributed by atoms with E-state index in [1.165, 1.54) is 0 Å². The van der Waals surface area contributed by atoms with E-state index in [1.54, 1.807) is 0 Å². The van der Waals surface area contributed by atoms with Crippen molar-refractivity contribution in [1.82, 2.24) is 0 Å². The van der Waals surface area contributed by atoms with Crippen molar-refractivity contribution in [3.8, 4) is 0 Å². The van der Waals surface area contributed by atoms with Crippen molar-refractivity contribution in [2.24, 2.45) is 0 Å². The Labute approximate surface area is 47.3 Å². The van der Waals surface area contributed by atoms with Crippen LogP contribution in [0.2, 0.25) is 0 Å². The molecule has 0 aromatic carbocycles. The minimum atomic E-state index is -0.863. The zero-order valence-corrected chi connectivity index (χ0v) is 4.51. The molecular weight excluding hydrogens is 111 g/mol. The number of halogens is 1. The van der Waals surface area contributed by atoms with E-state index in [4.69, 9.17) is 5.11 Å². The Balaban J connectivity index is 2.19. The average molecular weight is 120 g/mol. The summed E-state index contributed by atoms with van der Waals surface area (Å²) >= 11 is 0. The number of ether oxygens (including phenoxy) is 1. The van der Waals surface area contributed by atoms with Crippen molar-refractivity contribution in [2.45, 2.75) is 25.3 Å². The molecule has 48 valence electrons. The van der Waals surface area contributed by atoms with Gasteiger partial charge in [-0.2, -0.15) is 0 Å². The minimum Gasteiger partial charge on any atom is -0.368 e. The summed E-state index contributed by atoms with van der Waals surface area (Å²) in [6, 6.07) is 0. The third-order valence-electron chi connectivity index (χ3n) is 1.20. The van der Waals surface area contributed by atoms with Crippen molar-refractivity contribution in [3.63, 3.8) is 0 Å². The molecule has 1 N–H and O–H groups in total. The molecule has 0 aromatic rings. The highest BCUT2D eigenvalue weighted by Gasteiger charge is 2.17. The van der Waals surface area contributed by atoms with Crippen LogP contribution in [-0.2, 0) is 4.74 Å². The van der Waals surface area contributed by atoms with Gasteiger partial charge in [0.05, 0.1) is 6.61 Å². The molecule has 0 aromatic heterocycles. The maximum Gasteiger partial charge on any atom is 0.154 e. The predicted molar refractivity (Wildman–Crippen MR) is 26.1 cm³/mol. The maximum absolute atomic E-state index is 12.1. The lowest BCUT2D eigenvalue weighted by Crippen LogP contribution is -2.26. The van der Waals surface area contributed by atoms with E-state index < -0.39 is 12.5 Å². The van der Waals surface area contributed by atoms with E-state index in [-0.39, 0.29) is 6.61 Å². The number of hydrogen-bond donors (Lipinski definition) is 1. The molecule has 2 atom stereocenters. The third-order valence-corrected chi connectivity index (χ3v) is 1.20. The topological polar surface area (TPSA) is 29.5 Å². The van der Waals surface area contributed by atoms with Gasteiger partial charge >= 0.3 is 0 Å². The molecule has 0 saturated carbocycles. The Kier molecular flexibility index (Phi) is 1.81. The summed E-state index contributed by atoms with van der Waals surface area (Å²) in [6.45, 7) is 0.0567. The summed E-state index contributed by atoms with van der Waals surface area (Å²) in [5, 5.41) is 8.64. The van der Waals surface area contributed by atoms with Gasteiger partial charge in [0.1, 0.15) is 6.17 Å². The summed E-state index contributed by atoms with van der Waals surface area (Å²) in [5.74, 6) is 0. The highest BCUT2D eigenvalue weighted by molar-refractivity contribution is 4.61. The molecule has 2 nitrogen and oxygen atoms in total. The fraction of sp³-hybridized carbons (Fsp3) is 1.00. The molecule has 0 spiro atoms. The Bertz CT molecular complexity index is 58.8. The molecule has 1 fully saturated rings. The fourth-order valence-electron chi connectivity index (χ4n) is 0.706. The first-order valence-electron chi connectivity index (χ1n) is 2.73. The number of aliphatic hydroxyl groups is 1. The van der Waals surface area contributed by atoms with Gasteiger partial charge in [-0.25, -0.2) is 4.39 Å². The van der Waals surface area contributed by atoms with Crippen molar-refractivity contribution < 1.29 is 14.2 Å². The lowest BCUT2D eigenvalue weighted by atomic mass is 10.2. The van der Waals surface area contributed by atoms with Gasteiger partial charge in [0, 0.05) is 6.42 Å². The van der Waals surface area contributed by atoms with Crippen LogP contribution in [0, 0.1) is 0 Å². The van der Waals surface area contributed by atoms with E-state index in [0.29, 0.717) is 12.8 Å². The molecule has 1 saturated heterocycles. The molecule has 0 amide bonds. The number of alkyl halides is 1. The largest absolute Gasteiger partial charge is 0.368 e. The minimum absolute atomic E-state index is 0.0567. The number of rotatable bonds is 0. The van der Waals surface area contributed by atoms with E-state index in [1.807, 2.05) is 0 Å². The van der Waals surface area contributed by atoms with E-state index in [9.17, 15) is 4.39 Å².